The molecule has 112 valence electrons. The van der Waals surface area contributed by atoms with Crippen molar-refractivity contribution < 1.29 is 9.21 Å². The third kappa shape index (κ3) is 2.85. The van der Waals surface area contributed by atoms with E-state index in [0.717, 1.165) is 37.5 Å². The maximum absolute atomic E-state index is 12.2. The average Bonchev–Trinajstić information content (AvgIpc) is 3.18. The van der Waals surface area contributed by atoms with Crippen LogP contribution in [0.3, 0.4) is 0 Å². The van der Waals surface area contributed by atoms with Gasteiger partial charge in [0.25, 0.3) is 5.91 Å². The standard InChI is InChI=1S/C15H20N4O2/c1-18(2)15(20)13-8-16-17-14(13)11-5-6-19(9-11)10-12-4-3-7-21-12/h3-4,7-8,11H,5-6,9-10H2,1-2H3,(H,16,17)/t11-/m0/s1. The molecule has 2 aromatic heterocycles. The van der Waals surface area contributed by atoms with Crippen molar-refractivity contribution in [2.24, 2.45) is 0 Å². The van der Waals surface area contributed by atoms with Crippen LogP contribution < -0.4 is 0 Å². The Morgan fingerprint density at radius 2 is 2.43 bits per heavy atom. The van der Waals surface area contributed by atoms with Crippen LogP contribution in [0.5, 0.6) is 0 Å². The third-order valence-corrected chi connectivity index (χ3v) is 3.95. The van der Waals surface area contributed by atoms with Gasteiger partial charge in [-0.1, -0.05) is 0 Å². The first kappa shape index (κ1) is 13.9. The number of aromatic nitrogens is 2. The van der Waals surface area contributed by atoms with Crippen molar-refractivity contribution in [3.05, 3.63) is 41.6 Å². The Bertz CT molecular complexity index is 603. The van der Waals surface area contributed by atoms with Gasteiger partial charge in [0.15, 0.2) is 0 Å². The SMILES string of the molecule is CN(C)C(=O)c1cn[nH]c1[C@H]1CCN(Cc2ccco2)C1. The summed E-state index contributed by atoms with van der Waals surface area (Å²) >= 11 is 0. The lowest BCUT2D eigenvalue weighted by atomic mass is 10.0. The summed E-state index contributed by atoms with van der Waals surface area (Å²) in [5.74, 6) is 1.30. The fraction of sp³-hybridized carbons (Fsp3) is 0.467. The predicted molar refractivity (Wildman–Crippen MR) is 77.9 cm³/mol. The average molecular weight is 288 g/mol. The summed E-state index contributed by atoms with van der Waals surface area (Å²) in [4.78, 5) is 16.1. The van der Waals surface area contributed by atoms with Gasteiger partial charge < -0.3 is 9.32 Å². The van der Waals surface area contributed by atoms with Crippen LogP contribution >= 0.6 is 0 Å². The van der Waals surface area contributed by atoms with Gasteiger partial charge in [-0.15, -0.1) is 0 Å². The summed E-state index contributed by atoms with van der Waals surface area (Å²) < 4.78 is 5.39. The molecule has 6 heteroatoms. The van der Waals surface area contributed by atoms with Gasteiger partial charge in [0.2, 0.25) is 0 Å². The molecule has 0 bridgehead atoms. The van der Waals surface area contributed by atoms with E-state index >= 15 is 0 Å². The van der Waals surface area contributed by atoms with E-state index in [4.69, 9.17) is 4.42 Å². The zero-order chi connectivity index (χ0) is 14.8. The number of nitrogens with one attached hydrogen (secondary N) is 1. The third-order valence-electron chi connectivity index (χ3n) is 3.95. The second kappa shape index (κ2) is 5.73. The normalized spacial score (nSPS) is 19.0. The van der Waals surface area contributed by atoms with Crippen LogP contribution in [-0.2, 0) is 6.54 Å². The number of carbonyl (C=O) groups excluding carboxylic acids is 1. The van der Waals surface area contributed by atoms with Gasteiger partial charge in [-0.05, 0) is 25.1 Å². The molecule has 1 amide bonds. The molecule has 1 N–H and O–H groups in total. The Hall–Kier alpha value is -2.08. The van der Waals surface area contributed by atoms with E-state index in [1.807, 2.05) is 12.1 Å². The zero-order valence-corrected chi connectivity index (χ0v) is 12.4. The Balaban J connectivity index is 1.69. The van der Waals surface area contributed by atoms with Gasteiger partial charge in [-0.25, -0.2) is 0 Å². The zero-order valence-electron chi connectivity index (χ0n) is 12.4. The molecule has 0 aromatic carbocycles. The first-order valence-corrected chi connectivity index (χ1v) is 7.15. The number of likely N-dealkylation sites (tertiary alicyclic amines) is 1. The van der Waals surface area contributed by atoms with Gasteiger partial charge in [-0.3, -0.25) is 14.8 Å². The van der Waals surface area contributed by atoms with Crippen molar-refractivity contribution in [1.29, 1.82) is 0 Å². The maximum atomic E-state index is 12.2. The van der Waals surface area contributed by atoms with Gasteiger partial charge in [0.1, 0.15) is 5.76 Å². The summed E-state index contributed by atoms with van der Waals surface area (Å²) in [5.41, 5.74) is 1.64. The summed E-state index contributed by atoms with van der Waals surface area (Å²) in [5, 5.41) is 7.08. The number of hydrogen-bond acceptors (Lipinski definition) is 4. The summed E-state index contributed by atoms with van der Waals surface area (Å²) in [6.07, 6.45) is 4.36. The molecule has 2 aromatic rings. The highest BCUT2D eigenvalue weighted by Gasteiger charge is 2.29. The Morgan fingerprint density at radius 1 is 1.57 bits per heavy atom. The van der Waals surface area contributed by atoms with Crippen molar-refractivity contribution >= 4 is 5.91 Å². The molecule has 0 unspecified atom stereocenters. The Morgan fingerprint density at radius 3 is 3.14 bits per heavy atom. The molecule has 1 atom stereocenters. The molecule has 1 fully saturated rings. The molecule has 3 rings (SSSR count). The molecular formula is C15H20N4O2. The highest BCUT2D eigenvalue weighted by atomic mass is 16.3. The quantitative estimate of drug-likeness (QED) is 0.930. The van der Waals surface area contributed by atoms with E-state index in [9.17, 15) is 4.79 Å². The van der Waals surface area contributed by atoms with Crippen LogP contribution in [0.15, 0.2) is 29.0 Å². The fourth-order valence-electron chi connectivity index (χ4n) is 2.85. The molecule has 0 saturated carbocycles. The van der Waals surface area contributed by atoms with Crippen LogP contribution in [-0.4, -0.2) is 53.1 Å². The largest absolute Gasteiger partial charge is 0.468 e. The molecule has 0 spiro atoms. The van der Waals surface area contributed by atoms with Crippen molar-refractivity contribution in [2.45, 2.75) is 18.9 Å². The second-order valence-electron chi connectivity index (χ2n) is 5.70. The van der Waals surface area contributed by atoms with Gasteiger partial charge >= 0.3 is 0 Å². The van der Waals surface area contributed by atoms with Gasteiger partial charge in [0.05, 0.1) is 30.3 Å². The number of furan rings is 1. The Kier molecular flexibility index (Phi) is 3.79. The van der Waals surface area contributed by atoms with Crippen molar-refractivity contribution in [2.75, 3.05) is 27.2 Å². The Labute approximate surface area is 123 Å². The van der Waals surface area contributed by atoms with Crippen LogP contribution in [0, 0.1) is 0 Å². The number of nitrogens with zero attached hydrogens (tertiary/aromatic N) is 3. The van der Waals surface area contributed by atoms with Crippen LogP contribution in [0.1, 0.15) is 34.2 Å². The monoisotopic (exact) mass is 288 g/mol. The van der Waals surface area contributed by atoms with E-state index in [1.165, 1.54) is 0 Å². The molecule has 0 aliphatic carbocycles. The van der Waals surface area contributed by atoms with Crippen LogP contribution in [0.2, 0.25) is 0 Å². The van der Waals surface area contributed by atoms with E-state index in [1.54, 1.807) is 31.5 Å². The summed E-state index contributed by atoms with van der Waals surface area (Å²) in [6, 6.07) is 3.90. The van der Waals surface area contributed by atoms with Crippen molar-refractivity contribution in [1.82, 2.24) is 20.0 Å². The van der Waals surface area contributed by atoms with E-state index in [0.29, 0.717) is 11.5 Å². The molecule has 1 aliphatic rings. The molecule has 0 radical (unpaired) electrons. The van der Waals surface area contributed by atoms with Crippen molar-refractivity contribution in [3.63, 3.8) is 0 Å². The topological polar surface area (TPSA) is 65.4 Å². The number of H-pyrrole nitrogens is 1. The van der Waals surface area contributed by atoms with Gasteiger partial charge in [0, 0.05) is 26.6 Å². The number of amides is 1. The molecule has 6 nitrogen and oxygen atoms in total. The lowest BCUT2D eigenvalue weighted by molar-refractivity contribution is 0.0826. The number of aromatic amines is 1. The molecule has 1 saturated heterocycles. The number of carbonyl (C=O) groups is 1. The van der Waals surface area contributed by atoms with Gasteiger partial charge in [-0.2, -0.15) is 5.10 Å². The smallest absolute Gasteiger partial charge is 0.256 e. The van der Waals surface area contributed by atoms with Crippen molar-refractivity contribution in [3.8, 4) is 0 Å². The number of rotatable bonds is 4. The molecule has 21 heavy (non-hydrogen) atoms. The minimum absolute atomic E-state index is 0.00299. The maximum Gasteiger partial charge on any atom is 0.256 e. The highest BCUT2D eigenvalue weighted by Crippen LogP contribution is 2.29. The second-order valence-corrected chi connectivity index (χ2v) is 5.70. The molecular weight excluding hydrogens is 268 g/mol. The molecule has 1 aliphatic heterocycles. The minimum atomic E-state index is 0.00299. The number of hydrogen-bond donors (Lipinski definition) is 1. The molecule has 3 heterocycles. The minimum Gasteiger partial charge on any atom is -0.468 e. The summed E-state index contributed by atoms with van der Waals surface area (Å²) in [7, 11) is 3.52. The highest BCUT2D eigenvalue weighted by molar-refractivity contribution is 5.94. The van der Waals surface area contributed by atoms with E-state index in [2.05, 4.69) is 15.1 Å². The first-order valence-electron chi connectivity index (χ1n) is 7.15. The van der Waals surface area contributed by atoms with Crippen LogP contribution in [0.4, 0.5) is 0 Å². The fourth-order valence-corrected chi connectivity index (χ4v) is 2.85. The first-order chi connectivity index (χ1) is 10.1. The van der Waals surface area contributed by atoms with E-state index < -0.39 is 0 Å². The summed E-state index contributed by atoms with van der Waals surface area (Å²) in [6.45, 7) is 2.73. The predicted octanol–water partition coefficient (Wildman–Crippen LogP) is 1.69. The lowest BCUT2D eigenvalue weighted by Gasteiger charge is -2.15. The van der Waals surface area contributed by atoms with Crippen LogP contribution in [0.25, 0.3) is 0 Å². The lowest BCUT2D eigenvalue weighted by Crippen LogP contribution is -2.24. The van der Waals surface area contributed by atoms with E-state index in [-0.39, 0.29) is 5.91 Å².